The summed E-state index contributed by atoms with van der Waals surface area (Å²) in [6, 6.07) is 10.8. The van der Waals surface area contributed by atoms with Gasteiger partial charge in [0.25, 0.3) is 0 Å². The molecule has 1 aliphatic heterocycles. The minimum atomic E-state index is -0.557. The molecule has 1 amide bonds. The molecular weight excluding hydrogens is 268 g/mol. The molecule has 0 bridgehead atoms. The lowest BCUT2D eigenvalue weighted by Crippen LogP contribution is -2.53. The van der Waals surface area contributed by atoms with Crippen molar-refractivity contribution in [1.29, 1.82) is 5.26 Å². The lowest BCUT2D eigenvalue weighted by molar-refractivity contribution is -0.121. The molecule has 6 heteroatoms. The number of morpholine rings is 1. The Morgan fingerprint density at radius 3 is 3.05 bits per heavy atom. The van der Waals surface area contributed by atoms with E-state index < -0.39 is 11.9 Å². The first-order valence-electron chi connectivity index (χ1n) is 6.64. The number of hydrogen-bond acceptors (Lipinski definition) is 5. The lowest BCUT2D eigenvalue weighted by Gasteiger charge is -2.34. The molecule has 1 aliphatic rings. The predicted octanol–water partition coefficient (Wildman–Crippen LogP) is 0.797. The van der Waals surface area contributed by atoms with Gasteiger partial charge in [-0.2, -0.15) is 5.26 Å². The fourth-order valence-corrected chi connectivity index (χ4v) is 2.51. The molecule has 21 heavy (non-hydrogen) atoms. The Morgan fingerprint density at radius 2 is 2.29 bits per heavy atom. The van der Waals surface area contributed by atoms with E-state index in [1.807, 2.05) is 24.3 Å². The van der Waals surface area contributed by atoms with Gasteiger partial charge < -0.3 is 15.4 Å². The standard InChI is InChI=1S/C15H14N4O2/c16-8-10-7-14(18-12-4-2-1-3-11(10)12)19-5-6-21-9-13(19)15(17)20/h1-4,7,13H,5-6,9H2,(H2,17,20). The predicted molar refractivity (Wildman–Crippen MR) is 77.6 cm³/mol. The Kier molecular flexibility index (Phi) is 3.42. The fourth-order valence-electron chi connectivity index (χ4n) is 2.51. The van der Waals surface area contributed by atoms with Gasteiger partial charge in [0.1, 0.15) is 11.9 Å². The van der Waals surface area contributed by atoms with Gasteiger partial charge in [0.15, 0.2) is 0 Å². The zero-order valence-electron chi connectivity index (χ0n) is 11.3. The first kappa shape index (κ1) is 13.3. The van der Waals surface area contributed by atoms with Crippen molar-refractivity contribution < 1.29 is 9.53 Å². The minimum absolute atomic E-state index is 0.242. The van der Waals surface area contributed by atoms with Gasteiger partial charge in [-0.3, -0.25) is 4.79 Å². The van der Waals surface area contributed by atoms with Crippen LogP contribution in [0.15, 0.2) is 30.3 Å². The molecule has 2 N–H and O–H groups in total. The number of nitriles is 1. The number of carbonyl (C=O) groups is 1. The quantitative estimate of drug-likeness (QED) is 0.879. The zero-order valence-corrected chi connectivity index (χ0v) is 11.3. The van der Waals surface area contributed by atoms with E-state index in [1.54, 1.807) is 11.0 Å². The normalized spacial score (nSPS) is 18.4. The second-order valence-electron chi connectivity index (χ2n) is 4.84. The molecular formula is C15H14N4O2. The van der Waals surface area contributed by atoms with Crippen LogP contribution in [0.5, 0.6) is 0 Å². The highest BCUT2D eigenvalue weighted by Crippen LogP contribution is 2.24. The van der Waals surface area contributed by atoms with Crippen LogP contribution < -0.4 is 10.6 Å². The molecule has 1 aromatic carbocycles. The molecule has 2 heterocycles. The average molecular weight is 282 g/mol. The Labute approximate surface area is 121 Å². The highest BCUT2D eigenvalue weighted by Gasteiger charge is 2.29. The lowest BCUT2D eigenvalue weighted by atomic mass is 10.1. The van der Waals surface area contributed by atoms with E-state index in [9.17, 15) is 10.1 Å². The van der Waals surface area contributed by atoms with E-state index >= 15 is 0 Å². The summed E-state index contributed by atoms with van der Waals surface area (Å²) in [5.74, 6) is 0.125. The summed E-state index contributed by atoms with van der Waals surface area (Å²) in [5.41, 5.74) is 6.68. The van der Waals surface area contributed by atoms with Crippen molar-refractivity contribution in [2.75, 3.05) is 24.7 Å². The highest BCUT2D eigenvalue weighted by atomic mass is 16.5. The Morgan fingerprint density at radius 1 is 1.48 bits per heavy atom. The van der Waals surface area contributed by atoms with Crippen molar-refractivity contribution in [2.24, 2.45) is 5.73 Å². The van der Waals surface area contributed by atoms with Crippen LogP contribution in [0.25, 0.3) is 10.9 Å². The molecule has 1 aromatic heterocycles. The third-order valence-electron chi connectivity index (χ3n) is 3.57. The molecule has 0 saturated carbocycles. The number of amides is 1. The molecule has 1 saturated heterocycles. The highest BCUT2D eigenvalue weighted by molar-refractivity contribution is 5.88. The van der Waals surface area contributed by atoms with E-state index in [2.05, 4.69) is 11.1 Å². The van der Waals surface area contributed by atoms with Gasteiger partial charge in [0.05, 0.1) is 30.4 Å². The van der Waals surface area contributed by atoms with Crippen molar-refractivity contribution >= 4 is 22.6 Å². The van der Waals surface area contributed by atoms with Gasteiger partial charge in [-0.15, -0.1) is 0 Å². The van der Waals surface area contributed by atoms with Gasteiger partial charge in [-0.25, -0.2) is 4.98 Å². The van der Waals surface area contributed by atoms with E-state index in [0.717, 1.165) is 10.9 Å². The number of nitrogens with zero attached hydrogens (tertiary/aromatic N) is 3. The average Bonchev–Trinajstić information content (AvgIpc) is 2.53. The maximum absolute atomic E-state index is 11.6. The number of anilines is 1. The summed E-state index contributed by atoms with van der Waals surface area (Å²) in [4.78, 5) is 17.9. The number of ether oxygens (including phenoxy) is 1. The van der Waals surface area contributed by atoms with Gasteiger partial charge in [0.2, 0.25) is 5.91 Å². The van der Waals surface area contributed by atoms with Gasteiger partial charge in [-0.1, -0.05) is 18.2 Å². The number of pyridine rings is 1. The number of para-hydroxylation sites is 1. The molecule has 3 rings (SSSR count). The number of rotatable bonds is 2. The summed E-state index contributed by atoms with van der Waals surface area (Å²) in [6.07, 6.45) is 0. The number of nitrogens with two attached hydrogens (primary N) is 1. The van der Waals surface area contributed by atoms with Gasteiger partial charge in [0, 0.05) is 11.9 Å². The second kappa shape index (κ2) is 5.38. The minimum Gasteiger partial charge on any atom is -0.377 e. The van der Waals surface area contributed by atoms with Crippen molar-refractivity contribution in [3.63, 3.8) is 0 Å². The third kappa shape index (κ3) is 2.39. The SMILES string of the molecule is N#Cc1cc(N2CCOCC2C(N)=O)nc2ccccc12. The van der Waals surface area contributed by atoms with Crippen LogP contribution in [0.2, 0.25) is 0 Å². The van der Waals surface area contributed by atoms with E-state index in [-0.39, 0.29) is 6.61 Å². The number of hydrogen-bond donors (Lipinski definition) is 1. The summed E-state index contributed by atoms with van der Waals surface area (Å²) in [6.45, 7) is 1.26. The molecule has 2 aromatic rings. The smallest absolute Gasteiger partial charge is 0.242 e. The number of aromatic nitrogens is 1. The van der Waals surface area contributed by atoms with Crippen molar-refractivity contribution in [3.05, 3.63) is 35.9 Å². The summed E-state index contributed by atoms with van der Waals surface area (Å²) < 4.78 is 5.30. The number of primary amides is 1. The van der Waals surface area contributed by atoms with E-state index in [4.69, 9.17) is 10.5 Å². The molecule has 0 radical (unpaired) electrons. The molecule has 0 spiro atoms. The molecule has 1 fully saturated rings. The summed E-state index contributed by atoms with van der Waals surface area (Å²) in [7, 11) is 0. The first-order valence-corrected chi connectivity index (χ1v) is 6.64. The van der Waals surface area contributed by atoms with Crippen LogP contribution in [0.4, 0.5) is 5.82 Å². The number of carbonyl (C=O) groups excluding carboxylic acids is 1. The van der Waals surface area contributed by atoms with Crippen LogP contribution in [-0.4, -0.2) is 36.7 Å². The Hall–Kier alpha value is -2.65. The van der Waals surface area contributed by atoms with Crippen molar-refractivity contribution in [1.82, 2.24) is 4.98 Å². The molecule has 106 valence electrons. The summed E-state index contributed by atoms with van der Waals surface area (Å²) >= 11 is 0. The maximum atomic E-state index is 11.6. The first-order chi connectivity index (χ1) is 10.2. The van der Waals surface area contributed by atoms with Crippen LogP contribution >= 0.6 is 0 Å². The van der Waals surface area contributed by atoms with Crippen LogP contribution in [0.1, 0.15) is 5.56 Å². The third-order valence-corrected chi connectivity index (χ3v) is 3.57. The molecule has 1 atom stereocenters. The molecule has 6 nitrogen and oxygen atoms in total. The largest absolute Gasteiger partial charge is 0.377 e. The van der Waals surface area contributed by atoms with Gasteiger partial charge >= 0.3 is 0 Å². The molecule has 1 unspecified atom stereocenters. The fraction of sp³-hybridized carbons (Fsp3) is 0.267. The zero-order chi connectivity index (χ0) is 14.8. The number of benzene rings is 1. The van der Waals surface area contributed by atoms with Crippen molar-refractivity contribution in [2.45, 2.75) is 6.04 Å². The monoisotopic (exact) mass is 282 g/mol. The Bertz CT molecular complexity index is 738. The van der Waals surface area contributed by atoms with Crippen LogP contribution in [-0.2, 0) is 9.53 Å². The van der Waals surface area contributed by atoms with E-state index in [0.29, 0.717) is 24.5 Å². The van der Waals surface area contributed by atoms with Crippen LogP contribution in [0.3, 0.4) is 0 Å². The summed E-state index contributed by atoms with van der Waals surface area (Å²) in [5, 5.41) is 10.1. The topological polar surface area (TPSA) is 92.2 Å². The van der Waals surface area contributed by atoms with Crippen molar-refractivity contribution in [3.8, 4) is 6.07 Å². The molecule has 0 aliphatic carbocycles. The van der Waals surface area contributed by atoms with Crippen LogP contribution in [0, 0.1) is 11.3 Å². The number of fused-ring (bicyclic) bond motifs is 1. The van der Waals surface area contributed by atoms with E-state index in [1.165, 1.54) is 0 Å². The second-order valence-corrected chi connectivity index (χ2v) is 4.84. The Balaban J connectivity index is 2.11. The van der Waals surface area contributed by atoms with Gasteiger partial charge in [-0.05, 0) is 12.1 Å². The maximum Gasteiger partial charge on any atom is 0.242 e.